The predicted octanol–water partition coefficient (Wildman–Crippen LogP) is 7.85. The second kappa shape index (κ2) is 10.1. The molecule has 0 bridgehead atoms. The maximum Gasteiger partial charge on any atom is 0.263 e. The van der Waals surface area contributed by atoms with Gasteiger partial charge in [0.1, 0.15) is 28.6 Å². The van der Waals surface area contributed by atoms with Crippen molar-refractivity contribution in [2.24, 2.45) is 0 Å². The first kappa shape index (κ1) is 27.0. The van der Waals surface area contributed by atoms with E-state index in [4.69, 9.17) is 14.1 Å². The summed E-state index contributed by atoms with van der Waals surface area (Å²) >= 11 is 4.56. The zero-order valence-electron chi connectivity index (χ0n) is 22.9. The van der Waals surface area contributed by atoms with Crippen molar-refractivity contribution in [1.29, 1.82) is 0 Å². The van der Waals surface area contributed by atoms with Crippen molar-refractivity contribution in [3.63, 3.8) is 0 Å². The number of ether oxygens (including phenoxy) is 1. The Morgan fingerprint density at radius 1 is 1.07 bits per heavy atom. The standard InChI is InChI=1S/C32H23F3N4O3S/c1-36-32(40)28-20-12-19(24(38(2)43)14-27(20)42-30(28)16-6-8-17(9-7-16)31(34)35)22-10-11-26-29(37-22)25-13-18-21(33)4-3-5-23(18)39(25)15-41-26/h3-14,31,43H,15H2,1-2H3,(H,36,40). The number of carbonyl (C=O) groups excluding carboxylic acids is 1. The lowest BCUT2D eigenvalue weighted by molar-refractivity contribution is 0.0964. The Bertz CT molecular complexity index is 2070. The number of nitrogens with one attached hydrogen (secondary N) is 1. The van der Waals surface area contributed by atoms with Crippen molar-refractivity contribution in [2.45, 2.75) is 13.2 Å². The van der Waals surface area contributed by atoms with E-state index in [1.165, 1.54) is 37.4 Å². The van der Waals surface area contributed by atoms with Crippen molar-refractivity contribution in [2.75, 3.05) is 18.4 Å². The van der Waals surface area contributed by atoms with Crippen LogP contribution >= 0.6 is 12.8 Å². The number of hydrogen-bond donors (Lipinski definition) is 2. The first-order chi connectivity index (χ1) is 20.7. The van der Waals surface area contributed by atoms with Crippen molar-refractivity contribution in [3.8, 4) is 39.7 Å². The van der Waals surface area contributed by atoms with Crippen LogP contribution in [-0.4, -0.2) is 29.6 Å². The zero-order chi connectivity index (χ0) is 30.0. The van der Waals surface area contributed by atoms with Crippen LogP contribution in [0.25, 0.3) is 55.8 Å². The summed E-state index contributed by atoms with van der Waals surface area (Å²) in [6.45, 7) is 0.221. The number of pyridine rings is 1. The third kappa shape index (κ3) is 4.30. The van der Waals surface area contributed by atoms with Crippen LogP contribution < -0.4 is 14.4 Å². The summed E-state index contributed by atoms with van der Waals surface area (Å²) in [6, 6.07) is 19.5. The molecule has 0 spiro atoms. The van der Waals surface area contributed by atoms with Crippen LogP contribution in [0.15, 0.2) is 77.2 Å². The number of thiol groups is 1. The summed E-state index contributed by atoms with van der Waals surface area (Å²) in [5.41, 5.74) is 4.83. The third-order valence-corrected chi connectivity index (χ3v) is 7.87. The molecule has 3 aromatic carbocycles. The highest BCUT2D eigenvalue weighted by atomic mass is 32.1. The molecule has 0 unspecified atom stereocenters. The van der Waals surface area contributed by atoms with Crippen LogP contribution in [0.3, 0.4) is 0 Å². The number of alkyl halides is 2. The number of anilines is 1. The lowest BCUT2D eigenvalue weighted by Gasteiger charge is -2.22. The fourth-order valence-corrected chi connectivity index (χ4v) is 5.72. The fraction of sp³-hybridized carbons (Fsp3) is 0.125. The number of aromatic nitrogens is 2. The highest BCUT2D eigenvalue weighted by molar-refractivity contribution is 7.81. The molecule has 7 rings (SSSR count). The summed E-state index contributed by atoms with van der Waals surface area (Å²) in [4.78, 5) is 18.1. The van der Waals surface area contributed by atoms with E-state index < -0.39 is 12.3 Å². The summed E-state index contributed by atoms with van der Waals surface area (Å²) in [5.74, 6) is 0.0782. The molecule has 0 fully saturated rings. The third-order valence-electron chi connectivity index (χ3n) is 7.65. The minimum atomic E-state index is -2.62. The van der Waals surface area contributed by atoms with E-state index in [1.807, 2.05) is 22.8 Å². The van der Waals surface area contributed by atoms with Gasteiger partial charge >= 0.3 is 0 Å². The second-order valence-electron chi connectivity index (χ2n) is 10.1. The van der Waals surface area contributed by atoms with Crippen LogP contribution in [0, 0.1) is 5.82 Å². The van der Waals surface area contributed by atoms with Gasteiger partial charge in [0.15, 0.2) is 6.73 Å². The van der Waals surface area contributed by atoms with Crippen molar-refractivity contribution < 1.29 is 27.1 Å². The van der Waals surface area contributed by atoms with Gasteiger partial charge in [-0.3, -0.25) is 4.79 Å². The number of fused-ring (bicyclic) bond motifs is 6. The van der Waals surface area contributed by atoms with Crippen molar-refractivity contribution in [3.05, 3.63) is 89.7 Å². The molecule has 43 heavy (non-hydrogen) atoms. The first-order valence-corrected chi connectivity index (χ1v) is 13.7. The van der Waals surface area contributed by atoms with E-state index in [1.54, 1.807) is 35.6 Å². The lowest BCUT2D eigenvalue weighted by Crippen LogP contribution is -2.18. The molecule has 1 N–H and O–H groups in total. The van der Waals surface area contributed by atoms with Gasteiger partial charge < -0.3 is 23.3 Å². The number of furan rings is 1. The molecule has 1 aliphatic rings. The number of nitrogens with zero attached hydrogens (tertiary/aromatic N) is 3. The number of benzene rings is 3. The Labute approximate surface area is 249 Å². The molecule has 216 valence electrons. The van der Waals surface area contributed by atoms with Gasteiger partial charge in [-0.15, -0.1) is 0 Å². The molecular formula is C32H23F3N4O3S. The highest BCUT2D eigenvalue weighted by Crippen LogP contribution is 2.43. The average molecular weight is 601 g/mol. The smallest absolute Gasteiger partial charge is 0.263 e. The number of halogens is 3. The predicted molar refractivity (Wildman–Crippen MR) is 162 cm³/mol. The van der Waals surface area contributed by atoms with Gasteiger partial charge in [0.05, 0.1) is 28.2 Å². The second-order valence-corrected chi connectivity index (χ2v) is 10.7. The summed E-state index contributed by atoms with van der Waals surface area (Å²) in [5, 5.41) is 3.64. The molecule has 0 aliphatic carbocycles. The Kier molecular flexibility index (Phi) is 6.35. The van der Waals surface area contributed by atoms with Gasteiger partial charge in [0, 0.05) is 47.6 Å². The van der Waals surface area contributed by atoms with E-state index >= 15 is 0 Å². The van der Waals surface area contributed by atoms with Crippen LogP contribution in [0.4, 0.5) is 18.9 Å². The van der Waals surface area contributed by atoms with Crippen LogP contribution in [0.1, 0.15) is 22.3 Å². The highest BCUT2D eigenvalue weighted by Gasteiger charge is 2.27. The minimum Gasteiger partial charge on any atom is -0.470 e. The van der Waals surface area contributed by atoms with E-state index in [9.17, 15) is 18.0 Å². The molecule has 0 saturated heterocycles. The SMILES string of the molecule is CNC(=O)c1c(-c2ccc(C(F)F)cc2)oc2cc(N(C)S)c(-c3ccc4c(n3)-c3cc5c(F)cccc5n3CO4)cc12. The molecule has 6 aromatic rings. The minimum absolute atomic E-state index is 0.133. The van der Waals surface area contributed by atoms with E-state index in [2.05, 4.69) is 18.1 Å². The van der Waals surface area contributed by atoms with Crippen molar-refractivity contribution >= 4 is 46.3 Å². The largest absolute Gasteiger partial charge is 0.470 e. The average Bonchev–Trinajstić information content (AvgIpc) is 3.59. The Morgan fingerprint density at radius 3 is 2.58 bits per heavy atom. The lowest BCUT2D eigenvalue weighted by atomic mass is 10.00. The Balaban J connectivity index is 1.43. The van der Waals surface area contributed by atoms with E-state index in [0.717, 1.165) is 0 Å². The van der Waals surface area contributed by atoms with Gasteiger partial charge in [-0.2, -0.15) is 0 Å². The van der Waals surface area contributed by atoms with Crippen LogP contribution in [0.5, 0.6) is 5.75 Å². The summed E-state index contributed by atoms with van der Waals surface area (Å²) < 4.78 is 56.6. The number of hydrogen-bond acceptors (Lipinski definition) is 6. The maximum absolute atomic E-state index is 14.6. The monoisotopic (exact) mass is 600 g/mol. The summed E-state index contributed by atoms with van der Waals surface area (Å²) in [6.07, 6.45) is -2.62. The molecule has 11 heteroatoms. The van der Waals surface area contributed by atoms with Crippen LogP contribution in [-0.2, 0) is 6.73 Å². The number of carbonyl (C=O) groups is 1. The molecular weight excluding hydrogens is 577 g/mol. The Morgan fingerprint density at radius 2 is 1.86 bits per heavy atom. The molecule has 0 saturated carbocycles. The summed E-state index contributed by atoms with van der Waals surface area (Å²) in [7, 11) is 3.26. The molecule has 0 atom stereocenters. The van der Waals surface area contributed by atoms with Gasteiger partial charge in [-0.1, -0.05) is 43.1 Å². The molecule has 1 amide bonds. The van der Waals surface area contributed by atoms with E-state index in [-0.39, 0.29) is 29.4 Å². The number of amides is 1. The normalized spacial score (nSPS) is 12.3. The molecule has 4 heterocycles. The van der Waals surface area contributed by atoms with E-state index in [0.29, 0.717) is 61.5 Å². The van der Waals surface area contributed by atoms with Gasteiger partial charge in [-0.25, -0.2) is 18.2 Å². The first-order valence-electron chi connectivity index (χ1n) is 13.3. The van der Waals surface area contributed by atoms with Gasteiger partial charge in [0.25, 0.3) is 12.3 Å². The van der Waals surface area contributed by atoms with Crippen molar-refractivity contribution in [1.82, 2.24) is 14.9 Å². The quantitative estimate of drug-likeness (QED) is 0.197. The zero-order valence-corrected chi connectivity index (χ0v) is 23.8. The topological polar surface area (TPSA) is 72.5 Å². The number of rotatable bonds is 5. The molecule has 3 aromatic heterocycles. The fourth-order valence-electron chi connectivity index (χ4n) is 5.55. The van der Waals surface area contributed by atoms with Gasteiger partial charge in [0.2, 0.25) is 0 Å². The van der Waals surface area contributed by atoms with Crippen LogP contribution in [0.2, 0.25) is 0 Å². The Hall–Kier alpha value is -4.90. The molecule has 7 nitrogen and oxygen atoms in total. The molecule has 1 aliphatic heterocycles. The van der Waals surface area contributed by atoms with Gasteiger partial charge in [-0.05, 0) is 36.4 Å². The maximum atomic E-state index is 14.6. The molecule has 0 radical (unpaired) electrons.